The second kappa shape index (κ2) is 6.01. The van der Waals surface area contributed by atoms with Gasteiger partial charge in [0.05, 0.1) is 0 Å². The van der Waals surface area contributed by atoms with Crippen molar-refractivity contribution in [2.75, 3.05) is 19.6 Å². The zero-order chi connectivity index (χ0) is 13.0. The van der Waals surface area contributed by atoms with E-state index in [-0.39, 0.29) is 11.8 Å². The SMILES string of the molecule is CCNCCNC(=O)C1CC1c1ccccc1C. The van der Waals surface area contributed by atoms with Crippen LogP contribution in [0.4, 0.5) is 0 Å². The Balaban J connectivity index is 1.80. The third-order valence-electron chi connectivity index (χ3n) is 3.57. The molecule has 2 atom stereocenters. The van der Waals surface area contributed by atoms with Crippen molar-refractivity contribution in [3.8, 4) is 0 Å². The monoisotopic (exact) mass is 246 g/mol. The molecule has 2 unspecified atom stereocenters. The molecule has 98 valence electrons. The van der Waals surface area contributed by atoms with Gasteiger partial charge in [-0.15, -0.1) is 0 Å². The number of hydrogen-bond donors (Lipinski definition) is 2. The lowest BCUT2D eigenvalue weighted by Crippen LogP contribution is -2.32. The number of benzene rings is 1. The van der Waals surface area contributed by atoms with E-state index in [1.165, 1.54) is 11.1 Å². The van der Waals surface area contributed by atoms with E-state index in [0.717, 1.165) is 26.1 Å². The van der Waals surface area contributed by atoms with Crippen molar-refractivity contribution in [1.29, 1.82) is 0 Å². The number of likely N-dealkylation sites (N-methyl/N-ethyl adjacent to an activating group) is 1. The van der Waals surface area contributed by atoms with Crippen LogP contribution in [-0.2, 0) is 4.79 Å². The minimum atomic E-state index is 0.188. The van der Waals surface area contributed by atoms with Crippen LogP contribution < -0.4 is 10.6 Å². The van der Waals surface area contributed by atoms with Gasteiger partial charge in [-0.3, -0.25) is 4.79 Å². The third kappa shape index (κ3) is 3.10. The smallest absolute Gasteiger partial charge is 0.223 e. The molecule has 3 heteroatoms. The van der Waals surface area contributed by atoms with E-state index in [2.05, 4.69) is 42.7 Å². The first-order chi connectivity index (χ1) is 8.74. The van der Waals surface area contributed by atoms with Crippen LogP contribution in [0.3, 0.4) is 0 Å². The third-order valence-corrected chi connectivity index (χ3v) is 3.57. The Kier molecular flexibility index (Phi) is 4.37. The maximum atomic E-state index is 11.9. The number of aryl methyl sites for hydroxylation is 1. The molecule has 18 heavy (non-hydrogen) atoms. The molecule has 1 fully saturated rings. The van der Waals surface area contributed by atoms with Crippen LogP contribution in [0.1, 0.15) is 30.4 Å². The molecule has 3 nitrogen and oxygen atoms in total. The molecule has 0 spiro atoms. The van der Waals surface area contributed by atoms with Crippen LogP contribution in [0, 0.1) is 12.8 Å². The minimum Gasteiger partial charge on any atom is -0.355 e. The summed E-state index contributed by atoms with van der Waals surface area (Å²) in [4.78, 5) is 11.9. The van der Waals surface area contributed by atoms with Gasteiger partial charge in [-0.2, -0.15) is 0 Å². The van der Waals surface area contributed by atoms with Crippen LogP contribution >= 0.6 is 0 Å². The van der Waals surface area contributed by atoms with Crippen molar-refractivity contribution >= 4 is 5.91 Å². The summed E-state index contributed by atoms with van der Waals surface area (Å²) in [6.07, 6.45) is 0.998. The molecular formula is C15H22N2O. The molecule has 1 aliphatic rings. The molecule has 1 saturated carbocycles. The maximum absolute atomic E-state index is 11.9. The van der Waals surface area contributed by atoms with Crippen molar-refractivity contribution in [2.45, 2.75) is 26.2 Å². The molecule has 1 amide bonds. The molecule has 0 heterocycles. The summed E-state index contributed by atoms with van der Waals surface area (Å²) in [5, 5.41) is 6.20. The van der Waals surface area contributed by atoms with E-state index in [1.807, 2.05) is 6.07 Å². The van der Waals surface area contributed by atoms with Gasteiger partial charge in [0.1, 0.15) is 0 Å². The highest BCUT2D eigenvalue weighted by Gasteiger charge is 2.44. The van der Waals surface area contributed by atoms with Gasteiger partial charge in [-0.1, -0.05) is 31.2 Å². The molecule has 1 aliphatic carbocycles. The van der Waals surface area contributed by atoms with Gasteiger partial charge in [0.25, 0.3) is 0 Å². The lowest BCUT2D eigenvalue weighted by atomic mass is 10.0. The molecule has 2 N–H and O–H groups in total. The topological polar surface area (TPSA) is 41.1 Å². The first kappa shape index (κ1) is 13.1. The van der Waals surface area contributed by atoms with Crippen LogP contribution in [0.2, 0.25) is 0 Å². The summed E-state index contributed by atoms with van der Waals surface area (Å²) in [6.45, 7) is 6.71. The Morgan fingerprint density at radius 1 is 1.33 bits per heavy atom. The Labute approximate surface area is 109 Å². The van der Waals surface area contributed by atoms with Gasteiger partial charge in [-0.25, -0.2) is 0 Å². The van der Waals surface area contributed by atoms with Crippen LogP contribution in [0.5, 0.6) is 0 Å². The number of amides is 1. The standard InChI is InChI=1S/C15H22N2O/c1-3-16-8-9-17-15(18)14-10-13(14)12-7-5-4-6-11(12)2/h4-7,13-14,16H,3,8-10H2,1-2H3,(H,17,18). The first-order valence-corrected chi connectivity index (χ1v) is 6.78. The minimum absolute atomic E-state index is 0.188. The summed E-state index contributed by atoms with van der Waals surface area (Å²) >= 11 is 0. The highest BCUT2D eigenvalue weighted by Crippen LogP contribution is 2.48. The summed E-state index contributed by atoms with van der Waals surface area (Å²) in [5.74, 6) is 0.833. The predicted molar refractivity (Wildman–Crippen MR) is 73.6 cm³/mol. The maximum Gasteiger partial charge on any atom is 0.223 e. The van der Waals surface area contributed by atoms with Gasteiger partial charge < -0.3 is 10.6 Å². The molecule has 0 saturated heterocycles. The molecule has 2 rings (SSSR count). The van der Waals surface area contributed by atoms with Gasteiger partial charge in [-0.05, 0) is 36.9 Å². The number of rotatable bonds is 6. The van der Waals surface area contributed by atoms with Crippen molar-refractivity contribution in [3.05, 3.63) is 35.4 Å². The second-order valence-electron chi connectivity index (χ2n) is 4.95. The lowest BCUT2D eigenvalue weighted by molar-refractivity contribution is -0.122. The van der Waals surface area contributed by atoms with Crippen molar-refractivity contribution in [1.82, 2.24) is 10.6 Å². The average Bonchev–Trinajstić information content (AvgIpc) is 3.15. The fraction of sp³-hybridized carbons (Fsp3) is 0.533. The molecule has 0 aliphatic heterocycles. The zero-order valence-electron chi connectivity index (χ0n) is 11.2. The van der Waals surface area contributed by atoms with Gasteiger partial charge in [0.2, 0.25) is 5.91 Å². The summed E-state index contributed by atoms with van der Waals surface area (Å²) in [7, 11) is 0. The largest absolute Gasteiger partial charge is 0.355 e. The summed E-state index contributed by atoms with van der Waals surface area (Å²) in [6, 6.07) is 8.37. The summed E-state index contributed by atoms with van der Waals surface area (Å²) in [5.41, 5.74) is 2.63. The van der Waals surface area contributed by atoms with E-state index in [4.69, 9.17) is 0 Å². The number of carbonyl (C=O) groups excluding carboxylic acids is 1. The molecular weight excluding hydrogens is 224 g/mol. The molecule has 0 radical (unpaired) electrons. The van der Waals surface area contributed by atoms with E-state index in [1.54, 1.807) is 0 Å². The van der Waals surface area contributed by atoms with Crippen LogP contribution in [-0.4, -0.2) is 25.5 Å². The zero-order valence-corrected chi connectivity index (χ0v) is 11.2. The molecule has 0 bridgehead atoms. The highest BCUT2D eigenvalue weighted by atomic mass is 16.2. The Morgan fingerprint density at radius 3 is 2.83 bits per heavy atom. The van der Waals surface area contributed by atoms with E-state index in [9.17, 15) is 4.79 Å². The second-order valence-corrected chi connectivity index (χ2v) is 4.95. The number of carbonyl (C=O) groups is 1. The summed E-state index contributed by atoms with van der Waals surface area (Å²) < 4.78 is 0. The van der Waals surface area contributed by atoms with Gasteiger partial charge >= 0.3 is 0 Å². The van der Waals surface area contributed by atoms with E-state index in [0.29, 0.717) is 5.92 Å². The van der Waals surface area contributed by atoms with Crippen molar-refractivity contribution in [3.63, 3.8) is 0 Å². The normalized spacial score (nSPS) is 21.7. The first-order valence-electron chi connectivity index (χ1n) is 6.78. The molecule has 1 aromatic rings. The van der Waals surface area contributed by atoms with Gasteiger partial charge in [0, 0.05) is 19.0 Å². The molecule has 1 aromatic carbocycles. The van der Waals surface area contributed by atoms with E-state index >= 15 is 0 Å². The lowest BCUT2D eigenvalue weighted by Gasteiger charge is -2.06. The van der Waals surface area contributed by atoms with Crippen LogP contribution in [0.25, 0.3) is 0 Å². The Hall–Kier alpha value is -1.35. The fourth-order valence-corrected chi connectivity index (χ4v) is 2.41. The predicted octanol–water partition coefficient (Wildman–Crippen LogP) is 1.82. The Bertz CT molecular complexity index is 417. The van der Waals surface area contributed by atoms with Crippen LogP contribution in [0.15, 0.2) is 24.3 Å². The average molecular weight is 246 g/mol. The van der Waals surface area contributed by atoms with Gasteiger partial charge in [0.15, 0.2) is 0 Å². The molecule has 0 aromatic heterocycles. The van der Waals surface area contributed by atoms with Crippen molar-refractivity contribution in [2.24, 2.45) is 5.92 Å². The quantitative estimate of drug-likeness (QED) is 0.752. The number of hydrogen-bond acceptors (Lipinski definition) is 2. The van der Waals surface area contributed by atoms with Crippen molar-refractivity contribution < 1.29 is 4.79 Å². The Morgan fingerprint density at radius 2 is 2.11 bits per heavy atom. The number of nitrogens with one attached hydrogen (secondary N) is 2. The van der Waals surface area contributed by atoms with E-state index < -0.39 is 0 Å². The highest BCUT2D eigenvalue weighted by molar-refractivity contribution is 5.83. The fourth-order valence-electron chi connectivity index (χ4n) is 2.41.